The lowest BCUT2D eigenvalue weighted by molar-refractivity contribution is -0.185. The summed E-state index contributed by atoms with van der Waals surface area (Å²) in [6, 6.07) is -0.496. The van der Waals surface area contributed by atoms with Gasteiger partial charge in [0.15, 0.2) is 23.4 Å². The lowest BCUT2D eigenvalue weighted by atomic mass is 9.49. The van der Waals surface area contributed by atoms with Gasteiger partial charge in [0.05, 0.1) is 13.8 Å². The molecule has 2 bridgehead atoms. The van der Waals surface area contributed by atoms with Crippen molar-refractivity contribution in [1.82, 2.24) is 4.90 Å². The second-order valence-corrected chi connectivity index (χ2v) is 7.09. The summed E-state index contributed by atoms with van der Waals surface area (Å²) in [5.74, 6) is -0.299. The third-order valence-corrected chi connectivity index (χ3v) is 6.36. The number of ketones is 1. The van der Waals surface area contributed by atoms with Crippen LogP contribution in [0.4, 0.5) is 0 Å². The fourth-order valence-corrected chi connectivity index (χ4v) is 5.38. The molecule has 1 aromatic rings. The zero-order valence-corrected chi connectivity index (χ0v) is 12.3. The smallest absolute Gasteiger partial charge is 0.174 e. The number of hydrogen-bond acceptors (Lipinski definition) is 5. The van der Waals surface area contributed by atoms with Crippen molar-refractivity contribution in [2.75, 3.05) is 13.6 Å². The summed E-state index contributed by atoms with van der Waals surface area (Å²) in [5, 5.41) is 22.0. The van der Waals surface area contributed by atoms with Crippen molar-refractivity contribution in [3.8, 4) is 11.5 Å². The number of likely N-dealkylation sites (N-methyl/N-ethyl adjacent to an activating group) is 1. The Labute approximate surface area is 131 Å². The van der Waals surface area contributed by atoms with Crippen LogP contribution in [-0.4, -0.2) is 52.2 Å². The summed E-state index contributed by atoms with van der Waals surface area (Å²) in [4.78, 5) is 14.7. The Morgan fingerprint density at radius 2 is 2.27 bits per heavy atom. The maximum Gasteiger partial charge on any atom is 0.174 e. The van der Waals surface area contributed by atoms with Crippen LogP contribution >= 0.6 is 0 Å². The summed E-state index contributed by atoms with van der Waals surface area (Å²) in [5.41, 5.74) is -0.750. The fraction of sp³-hybridized carbons (Fsp3) is 0.588. The monoisotopic (exact) mass is 303 g/mol. The molecular weight excluding hydrogens is 282 g/mol. The van der Waals surface area contributed by atoms with Crippen molar-refractivity contribution < 1.29 is 22.5 Å². The average Bonchev–Trinajstić information content (AvgIpc) is 2.90. The Balaban J connectivity index is 1.91. The highest BCUT2D eigenvalue weighted by Gasteiger charge is 2.72. The van der Waals surface area contributed by atoms with Crippen molar-refractivity contribution in [3.05, 3.63) is 23.2 Å². The van der Waals surface area contributed by atoms with E-state index in [1.807, 2.05) is 7.05 Å². The minimum absolute atomic E-state index is 0.0183. The van der Waals surface area contributed by atoms with Crippen molar-refractivity contribution in [3.63, 3.8) is 0 Å². The molecule has 0 radical (unpaired) electrons. The van der Waals surface area contributed by atoms with Gasteiger partial charge in [-0.1, -0.05) is 6.04 Å². The predicted molar refractivity (Wildman–Crippen MR) is 78.1 cm³/mol. The van der Waals surface area contributed by atoms with Gasteiger partial charge in [0.2, 0.25) is 0 Å². The molecule has 2 N–H and O–H groups in total. The zero-order valence-electron chi connectivity index (χ0n) is 14.3. The molecule has 4 atom stereocenters. The predicted octanol–water partition coefficient (Wildman–Crippen LogP) is 0.745. The first-order valence-corrected chi connectivity index (χ1v) is 7.80. The molecule has 4 aliphatic rings. The highest BCUT2D eigenvalue weighted by Crippen LogP contribution is 2.64. The number of Topliss-reactive ketones (excluding diaryl/α,β-unsaturated/α-hetero) is 1. The third-order valence-electron chi connectivity index (χ3n) is 6.36. The molecule has 2 aliphatic heterocycles. The molecule has 2 aliphatic carbocycles. The van der Waals surface area contributed by atoms with Gasteiger partial charge in [0.1, 0.15) is 0 Å². The van der Waals surface area contributed by atoms with Crippen LogP contribution in [-0.2, 0) is 16.6 Å². The first kappa shape index (κ1) is 11.0. The van der Waals surface area contributed by atoms with Gasteiger partial charge >= 0.3 is 0 Å². The average molecular weight is 303 g/mol. The van der Waals surface area contributed by atoms with Crippen LogP contribution in [0.15, 0.2) is 12.1 Å². The van der Waals surface area contributed by atoms with Gasteiger partial charge in [-0.15, -0.1) is 0 Å². The van der Waals surface area contributed by atoms with Crippen LogP contribution in [0.2, 0.25) is 0 Å². The van der Waals surface area contributed by atoms with E-state index in [0.29, 0.717) is 30.4 Å². The number of hydrogen-bond donors (Lipinski definition) is 2. The zero-order chi connectivity index (χ0) is 17.0. The molecule has 0 amide bonds. The first-order chi connectivity index (χ1) is 11.3. The number of piperidine rings is 1. The van der Waals surface area contributed by atoms with Crippen LogP contribution in [0.3, 0.4) is 0 Å². The van der Waals surface area contributed by atoms with Crippen molar-refractivity contribution in [2.24, 2.45) is 0 Å². The summed E-state index contributed by atoms with van der Waals surface area (Å²) in [6.45, 7) is 0.718. The molecule has 22 heavy (non-hydrogen) atoms. The summed E-state index contributed by atoms with van der Waals surface area (Å²) >= 11 is 0. The van der Waals surface area contributed by atoms with Crippen LogP contribution in [0.25, 0.3) is 0 Å². The van der Waals surface area contributed by atoms with E-state index in [1.165, 1.54) is 0 Å². The molecule has 5 nitrogen and oxygen atoms in total. The van der Waals surface area contributed by atoms with Crippen molar-refractivity contribution >= 4 is 5.78 Å². The normalized spacial score (nSPS) is 43.3. The number of carbonyl (C=O) groups excluding carboxylic acids is 1. The molecule has 1 saturated carbocycles. The molecule has 1 spiro atoms. The van der Waals surface area contributed by atoms with Gasteiger partial charge in [0, 0.05) is 18.0 Å². The highest BCUT2D eigenvalue weighted by molar-refractivity contribution is 5.90. The van der Waals surface area contributed by atoms with E-state index in [9.17, 15) is 15.0 Å². The molecule has 0 unspecified atom stereocenters. The Bertz CT molecular complexity index is 813. The molecule has 1 aromatic carbocycles. The minimum Gasteiger partial charge on any atom is -0.504 e. The quantitative estimate of drug-likeness (QED) is 0.740. The summed E-state index contributed by atoms with van der Waals surface area (Å²) in [6.07, 6.45) is 0.776. The van der Waals surface area contributed by atoms with Gasteiger partial charge in [0.25, 0.3) is 0 Å². The molecule has 5 rings (SSSR count). The van der Waals surface area contributed by atoms with E-state index in [0.717, 1.165) is 6.54 Å². The molecule has 2 heterocycles. The van der Waals surface area contributed by atoms with Crippen LogP contribution in [0.1, 0.15) is 33.1 Å². The van der Waals surface area contributed by atoms with Crippen molar-refractivity contribution in [1.29, 1.82) is 0 Å². The molecule has 1 saturated heterocycles. The van der Waals surface area contributed by atoms with Crippen LogP contribution < -0.4 is 4.74 Å². The molecule has 116 valence electrons. The van der Waals surface area contributed by atoms with Gasteiger partial charge in [-0.25, -0.2) is 0 Å². The maximum atomic E-state index is 12.6. The number of rotatable bonds is 0. The number of phenolic OH excluding ortho intramolecular Hbond substituents is 1. The Morgan fingerprint density at radius 1 is 1.45 bits per heavy atom. The van der Waals surface area contributed by atoms with E-state index < -0.39 is 17.1 Å². The van der Waals surface area contributed by atoms with Gasteiger partial charge in [-0.3, -0.25) is 4.79 Å². The first-order valence-electron chi connectivity index (χ1n) is 8.80. The standard InChI is InChI=1S/C17H19NO4/c1-18-7-6-16-13-9-2-3-10(19)14(13)22-15(16)11(20)4-5-17(16,21)12(18)8-9/h2-3,12,15,19,21H,4-8H2,1H3/t12-,15+,16+,17-/m1/s1/i2D,3D. The molecule has 2 fully saturated rings. The van der Waals surface area contributed by atoms with Gasteiger partial charge in [-0.2, -0.15) is 0 Å². The van der Waals surface area contributed by atoms with Gasteiger partial charge < -0.3 is 19.8 Å². The van der Waals surface area contributed by atoms with E-state index in [-0.39, 0.29) is 41.8 Å². The number of ether oxygens (including phenoxy) is 1. The second-order valence-electron chi connectivity index (χ2n) is 7.09. The lowest BCUT2D eigenvalue weighted by Gasteiger charge is -2.61. The number of phenols is 1. The number of nitrogens with zero attached hydrogens (tertiary/aromatic N) is 1. The van der Waals surface area contributed by atoms with E-state index in [4.69, 9.17) is 7.48 Å². The highest BCUT2D eigenvalue weighted by atomic mass is 16.5. The van der Waals surface area contributed by atoms with E-state index >= 15 is 0 Å². The van der Waals surface area contributed by atoms with Crippen LogP contribution in [0, 0.1) is 0 Å². The Kier molecular flexibility index (Phi) is 1.83. The fourth-order valence-electron chi connectivity index (χ4n) is 5.38. The molecular formula is C17H19NO4. The second kappa shape index (κ2) is 3.66. The number of carbonyl (C=O) groups is 1. The number of benzene rings is 1. The summed E-state index contributed by atoms with van der Waals surface area (Å²) < 4.78 is 22.2. The van der Waals surface area contributed by atoms with E-state index in [2.05, 4.69) is 4.90 Å². The minimum atomic E-state index is -1.11. The third kappa shape index (κ3) is 1.13. The Morgan fingerprint density at radius 3 is 3.09 bits per heavy atom. The lowest BCUT2D eigenvalue weighted by Crippen LogP contribution is -2.76. The SMILES string of the molecule is [2H]c1c([2H])c2c3c(c1O)O[C@H]1C(=O)CC[C@@]4(O)[C@@H](C2)N(C)CC[C@]314. The largest absolute Gasteiger partial charge is 0.504 e. The van der Waals surface area contributed by atoms with Gasteiger partial charge in [-0.05, 0) is 44.5 Å². The number of likely N-dealkylation sites (tertiary alicyclic amines) is 1. The molecule has 5 heteroatoms. The maximum absolute atomic E-state index is 12.6. The van der Waals surface area contributed by atoms with E-state index in [1.54, 1.807) is 0 Å². The number of aliphatic hydroxyl groups is 1. The topological polar surface area (TPSA) is 70.0 Å². The Hall–Kier alpha value is -1.59. The number of aromatic hydroxyl groups is 1. The molecule has 0 aromatic heterocycles. The van der Waals surface area contributed by atoms with Crippen LogP contribution in [0.5, 0.6) is 11.5 Å². The van der Waals surface area contributed by atoms with Crippen molar-refractivity contribution in [2.45, 2.75) is 48.8 Å². The summed E-state index contributed by atoms with van der Waals surface area (Å²) in [7, 11) is 1.95.